The summed E-state index contributed by atoms with van der Waals surface area (Å²) in [5.41, 5.74) is -0.680. The smallest absolute Gasteiger partial charge is 0.403 e. The fraction of sp³-hybridized carbons (Fsp3) is 0.519. The van der Waals surface area contributed by atoms with E-state index in [1.165, 1.54) is 0 Å². The second-order valence-corrected chi connectivity index (χ2v) is 11.4. The molecule has 2 aromatic rings. The van der Waals surface area contributed by atoms with Crippen LogP contribution in [-0.2, 0) is 18.6 Å². The fourth-order valence-corrected chi connectivity index (χ4v) is 4.53. The molecule has 5 nitrogen and oxygen atoms in total. The first-order valence-electron chi connectivity index (χ1n) is 12.1. The van der Waals surface area contributed by atoms with E-state index in [-0.39, 0.29) is 5.78 Å². The van der Waals surface area contributed by atoms with E-state index in [2.05, 4.69) is 0 Å². The van der Waals surface area contributed by atoms with Crippen LogP contribution >= 0.6 is 0 Å². The maximum atomic E-state index is 14.2. The van der Waals surface area contributed by atoms with E-state index in [1.807, 2.05) is 116 Å². The molecule has 2 heterocycles. The summed E-state index contributed by atoms with van der Waals surface area (Å²) in [5, 5.41) is 0. The van der Waals surface area contributed by atoms with E-state index in [4.69, 9.17) is 18.6 Å². The molecule has 0 radical (unpaired) electrons. The van der Waals surface area contributed by atoms with Gasteiger partial charge in [0.2, 0.25) is 0 Å². The van der Waals surface area contributed by atoms with Crippen molar-refractivity contribution in [2.45, 2.75) is 89.4 Å². The summed E-state index contributed by atoms with van der Waals surface area (Å²) >= 11 is 0. The predicted molar refractivity (Wildman–Crippen MR) is 136 cm³/mol. The van der Waals surface area contributed by atoms with Crippen LogP contribution in [0.25, 0.3) is 0 Å². The van der Waals surface area contributed by atoms with Gasteiger partial charge in [-0.15, -0.1) is 0 Å². The first kappa shape index (κ1) is 25.2. The molecule has 2 aromatic carbocycles. The standard InChI is InChI=1S/C27H36B2O5/c1-24(2)25(3,4)32-28(31-24)21(19-15-11-9-12-16-19)22(23(30)20-17-13-10-14-18-20)29-33-26(5,6)27(7,8)34-29/h9-18,21-22H,1-8H3. The van der Waals surface area contributed by atoms with Crippen molar-refractivity contribution in [1.82, 2.24) is 0 Å². The van der Waals surface area contributed by atoms with E-state index in [0.717, 1.165) is 5.56 Å². The number of rotatable bonds is 6. The molecule has 2 aliphatic rings. The van der Waals surface area contributed by atoms with Gasteiger partial charge in [0.25, 0.3) is 0 Å². The molecule has 180 valence electrons. The highest BCUT2D eigenvalue weighted by Gasteiger charge is 2.62. The first-order chi connectivity index (χ1) is 15.8. The molecule has 2 fully saturated rings. The molecule has 34 heavy (non-hydrogen) atoms. The molecular weight excluding hydrogens is 426 g/mol. The summed E-state index contributed by atoms with van der Waals surface area (Å²) in [6, 6.07) is 19.3. The Morgan fingerprint density at radius 3 is 1.44 bits per heavy atom. The second kappa shape index (κ2) is 8.63. The number of hydrogen-bond acceptors (Lipinski definition) is 5. The largest absolute Gasteiger partial charge is 0.469 e. The zero-order valence-electron chi connectivity index (χ0n) is 21.6. The number of carbonyl (C=O) groups excluding carboxylic acids is 1. The summed E-state index contributed by atoms with van der Waals surface area (Å²) in [6.07, 6.45) is 0. The van der Waals surface area contributed by atoms with Crippen LogP contribution in [0, 0.1) is 0 Å². The molecule has 4 rings (SSSR count). The van der Waals surface area contributed by atoms with Crippen LogP contribution in [0.4, 0.5) is 0 Å². The molecule has 2 atom stereocenters. The van der Waals surface area contributed by atoms with E-state index < -0.39 is 48.3 Å². The normalized spacial score (nSPS) is 24.1. The van der Waals surface area contributed by atoms with Crippen molar-refractivity contribution in [3.8, 4) is 0 Å². The van der Waals surface area contributed by atoms with Gasteiger partial charge in [0, 0.05) is 11.4 Å². The third kappa shape index (κ3) is 4.39. The Kier molecular flexibility index (Phi) is 6.39. The van der Waals surface area contributed by atoms with Crippen molar-refractivity contribution < 1.29 is 23.4 Å². The van der Waals surface area contributed by atoms with Gasteiger partial charge in [0.15, 0.2) is 5.78 Å². The summed E-state index contributed by atoms with van der Waals surface area (Å²) in [6.45, 7) is 16.1. The molecule has 0 bridgehead atoms. The van der Waals surface area contributed by atoms with Crippen molar-refractivity contribution in [3.05, 3.63) is 71.8 Å². The van der Waals surface area contributed by atoms with Gasteiger partial charge in [-0.2, -0.15) is 0 Å². The molecule has 0 spiro atoms. The van der Waals surface area contributed by atoms with Crippen LogP contribution in [0.3, 0.4) is 0 Å². The Morgan fingerprint density at radius 1 is 0.618 bits per heavy atom. The second-order valence-electron chi connectivity index (χ2n) is 11.4. The quantitative estimate of drug-likeness (QED) is 0.405. The Bertz CT molecular complexity index is 988. The van der Waals surface area contributed by atoms with Crippen LogP contribution in [0.5, 0.6) is 0 Å². The molecular formula is C27H36B2O5. The third-order valence-corrected chi connectivity index (χ3v) is 8.06. The molecule has 0 aromatic heterocycles. The maximum absolute atomic E-state index is 14.2. The number of Topliss-reactive ketones (excluding diaryl/α,β-unsaturated/α-hetero) is 1. The molecule has 0 saturated carbocycles. The Balaban J connectivity index is 1.85. The Labute approximate surface area is 204 Å². The van der Waals surface area contributed by atoms with Crippen molar-refractivity contribution in [1.29, 1.82) is 0 Å². The van der Waals surface area contributed by atoms with Crippen molar-refractivity contribution >= 4 is 20.0 Å². The zero-order chi connectivity index (χ0) is 24.9. The highest BCUT2D eigenvalue weighted by Crippen LogP contribution is 2.49. The lowest BCUT2D eigenvalue weighted by molar-refractivity contribution is 0.00578. The van der Waals surface area contributed by atoms with Crippen LogP contribution < -0.4 is 0 Å². The number of carbonyl (C=O) groups is 1. The molecule has 2 saturated heterocycles. The molecule has 0 N–H and O–H groups in total. The molecule has 0 aliphatic carbocycles. The summed E-state index contributed by atoms with van der Waals surface area (Å²) in [4.78, 5) is 14.2. The maximum Gasteiger partial charge on any atom is 0.469 e. The SMILES string of the molecule is CC1(C)OB(C(C(=O)c2ccccc2)C(B2OC(C)(C)C(C)(C)O2)c2ccccc2)OC1(C)C. The van der Waals surface area contributed by atoms with E-state index >= 15 is 0 Å². The van der Waals surface area contributed by atoms with Crippen molar-refractivity contribution in [2.24, 2.45) is 0 Å². The summed E-state index contributed by atoms with van der Waals surface area (Å²) in [7, 11) is -1.41. The van der Waals surface area contributed by atoms with E-state index in [1.54, 1.807) is 0 Å². The molecule has 0 amide bonds. The van der Waals surface area contributed by atoms with Crippen molar-refractivity contribution in [2.75, 3.05) is 0 Å². The third-order valence-electron chi connectivity index (χ3n) is 8.06. The van der Waals surface area contributed by atoms with Gasteiger partial charge in [0.05, 0.1) is 28.2 Å². The molecule has 2 aliphatic heterocycles. The lowest BCUT2D eigenvalue weighted by Gasteiger charge is -2.32. The minimum Gasteiger partial charge on any atom is -0.403 e. The minimum atomic E-state index is -0.762. The Hall–Kier alpha value is -1.92. The lowest BCUT2D eigenvalue weighted by atomic mass is 9.49. The minimum absolute atomic E-state index is 0.0531. The molecule has 2 unspecified atom stereocenters. The van der Waals surface area contributed by atoms with E-state index in [0.29, 0.717) is 5.56 Å². The van der Waals surface area contributed by atoms with Gasteiger partial charge in [0.1, 0.15) is 0 Å². The average molecular weight is 462 g/mol. The lowest BCUT2D eigenvalue weighted by Crippen LogP contribution is -2.42. The monoisotopic (exact) mass is 462 g/mol. The number of hydrogen-bond donors (Lipinski definition) is 0. The zero-order valence-corrected chi connectivity index (χ0v) is 21.6. The van der Waals surface area contributed by atoms with Crippen LogP contribution in [0.1, 0.15) is 77.1 Å². The van der Waals surface area contributed by atoms with Gasteiger partial charge in [-0.25, -0.2) is 0 Å². The van der Waals surface area contributed by atoms with E-state index in [9.17, 15) is 4.79 Å². The highest BCUT2D eigenvalue weighted by atomic mass is 16.7. The highest BCUT2D eigenvalue weighted by molar-refractivity contribution is 6.60. The predicted octanol–water partition coefficient (Wildman–Crippen LogP) is 5.75. The fourth-order valence-electron chi connectivity index (χ4n) is 4.53. The van der Waals surface area contributed by atoms with Gasteiger partial charge in [-0.05, 0) is 61.0 Å². The van der Waals surface area contributed by atoms with Gasteiger partial charge in [-0.3, -0.25) is 4.79 Å². The Morgan fingerprint density at radius 2 is 1.00 bits per heavy atom. The van der Waals surface area contributed by atoms with Crippen LogP contribution in [-0.4, -0.2) is 42.4 Å². The van der Waals surface area contributed by atoms with Crippen LogP contribution in [0.15, 0.2) is 60.7 Å². The summed E-state index contributed by atoms with van der Waals surface area (Å²) in [5.74, 6) is -1.17. The van der Waals surface area contributed by atoms with Gasteiger partial charge >= 0.3 is 14.2 Å². The molecule has 7 heteroatoms. The van der Waals surface area contributed by atoms with Gasteiger partial charge < -0.3 is 18.6 Å². The topological polar surface area (TPSA) is 54.0 Å². The average Bonchev–Trinajstić information content (AvgIpc) is 3.11. The number of ketones is 1. The van der Waals surface area contributed by atoms with Gasteiger partial charge in [-0.1, -0.05) is 60.7 Å². The first-order valence-corrected chi connectivity index (χ1v) is 12.1. The van der Waals surface area contributed by atoms with Crippen molar-refractivity contribution in [3.63, 3.8) is 0 Å². The number of benzene rings is 2. The summed E-state index contributed by atoms with van der Waals surface area (Å²) < 4.78 is 26.0. The van der Waals surface area contributed by atoms with Crippen LogP contribution in [0.2, 0.25) is 5.82 Å².